The number of morpholine rings is 1. The maximum atomic E-state index is 12.1. The number of amides is 3. The third-order valence-corrected chi connectivity index (χ3v) is 8.20. The highest BCUT2D eigenvalue weighted by Gasteiger charge is 2.26. The predicted octanol–water partition coefficient (Wildman–Crippen LogP) is 2.09. The maximum Gasteiger partial charge on any atom is 0.326 e. The highest BCUT2D eigenvalue weighted by atomic mass is 32.1. The zero-order valence-corrected chi connectivity index (χ0v) is 22.8. The average molecular weight is 563 g/mol. The van der Waals surface area contributed by atoms with Gasteiger partial charge in [-0.2, -0.15) is 9.61 Å². The van der Waals surface area contributed by atoms with Crippen LogP contribution in [0.15, 0.2) is 30.1 Å². The molecule has 1 aliphatic carbocycles. The van der Waals surface area contributed by atoms with E-state index >= 15 is 0 Å². The lowest BCUT2D eigenvalue weighted by atomic mass is 10.2. The number of nitrogens with one attached hydrogen (secondary N) is 4. The number of carbonyl (C=O) groups excluding carboxylic acids is 3. The van der Waals surface area contributed by atoms with Crippen LogP contribution in [0.1, 0.15) is 36.6 Å². The molecule has 4 N–H and O–H groups in total. The van der Waals surface area contributed by atoms with Crippen molar-refractivity contribution in [2.75, 3.05) is 38.2 Å². The fourth-order valence-corrected chi connectivity index (χ4v) is 5.64. The molecule has 13 heteroatoms. The summed E-state index contributed by atoms with van der Waals surface area (Å²) < 4.78 is 7.16. The van der Waals surface area contributed by atoms with Crippen molar-refractivity contribution in [2.24, 2.45) is 0 Å². The van der Waals surface area contributed by atoms with Gasteiger partial charge in [0.1, 0.15) is 17.2 Å². The number of urea groups is 1. The Morgan fingerprint density at radius 3 is 2.80 bits per heavy atom. The highest BCUT2D eigenvalue weighted by molar-refractivity contribution is 7.16. The Morgan fingerprint density at radius 1 is 1.27 bits per heavy atom. The number of ether oxygens (including phenoxy) is 1. The number of imide groups is 1. The van der Waals surface area contributed by atoms with Crippen molar-refractivity contribution in [1.82, 2.24) is 35.4 Å². The lowest BCUT2D eigenvalue weighted by molar-refractivity contribution is -0.115. The fourth-order valence-electron chi connectivity index (χ4n) is 4.72. The molecule has 0 bridgehead atoms. The molecule has 3 amide bonds. The fraction of sp³-hybridized carbons (Fsp3) is 0.407. The van der Waals surface area contributed by atoms with Gasteiger partial charge in [0.25, 0.3) is 5.91 Å². The molecular formula is C27H30N8O4S. The molecule has 3 aromatic rings. The Hall–Kier alpha value is -4.03. The number of nitrogens with zero attached hydrogens (tertiary/aromatic N) is 4. The van der Waals surface area contributed by atoms with Crippen LogP contribution in [0.5, 0.6) is 0 Å². The topological polar surface area (TPSA) is 142 Å². The standard InChI is InChI=1S/C27H30N8O4S/c1-2-17(14-34-7-9-39-10-8-34)29-21(15-36)23-6-5-22(40-23)19-12-24(30-18-3-4-18)35-25(31-19)16(13-28-35)11-20-26(37)33-27(38)32-20/h5-6,11-13,17-18,29-30H,2-4,7-10,14H2,1H3,(H2,32,33,37,38)/b20-11-. The Balaban J connectivity index is 1.29. The van der Waals surface area contributed by atoms with Crippen molar-refractivity contribution in [3.8, 4) is 10.6 Å². The minimum Gasteiger partial charge on any atom is -0.379 e. The van der Waals surface area contributed by atoms with Crippen molar-refractivity contribution in [1.29, 1.82) is 0 Å². The van der Waals surface area contributed by atoms with Crippen molar-refractivity contribution < 1.29 is 19.1 Å². The van der Waals surface area contributed by atoms with Gasteiger partial charge in [-0.15, -0.1) is 11.3 Å². The van der Waals surface area contributed by atoms with Crippen LogP contribution in [0.3, 0.4) is 0 Å². The van der Waals surface area contributed by atoms with E-state index in [-0.39, 0.29) is 11.7 Å². The van der Waals surface area contributed by atoms with Crippen LogP contribution < -0.4 is 21.3 Å². The normalized spacial score (nSPS) is 19.4. The first kappa shape index (κ1) is 26.2. The first-order chi connectivity index (χ1) is 19.5. The number of thiophene rings is 1. The zero-order chi connectivity index (χ0) is 27.6. The molecule has 0 spiro atoms. The smallest absolute Gasteiger partial charge is 0.326 e. The number of hydrogen-bond donors (Lipinski definition) is 4. The third-order valence-electron chi connectivity index (χ3n) is 7.08. The molecule has 0 radical (unpaired) electrons. The SMILES string of the molecule is CCC(CN1CCOCC1)NC(=C=O)c1ccc(-c2cc(NC3CC3)n3ncc(/C=C4\NC(=O)NC4=O)c3n2)s1. The summed E-state index contributed by atoms with van der Waals surface area (Å²) in [5.41, 5.74) is 2.41. The van der Waals surface area contributed by atoms with Gasteiger partial charge in [-0.05, 0) is 37.5 Å². The third kappa shape index (κ3) is 5.63. The summed E-state index contributed by atoms with van der Waals surface area (Å²) in [5.74, 6) is 2.39. The van der Waals surface area contributed by atoms with E-state index in [9.17, 15) is 14.4 Å². The molecule has 1 saturated carbocycles. The molecule has 3 aromatic heterocycles. The Bertz CT molecular complexity index is 1530. The van der Waals surface area contributed by atoms with Gasteiger partial charge in [0.15, 0.2) is 11.6 Å². The van der Waals surface area contributed by atoms with Gasteiger partial charge in [-0.1, -0.05) is 6.92 Å². The van der Waals surface area contributed by atoms with Crippen LogP contribution in [0.25, 0.3) is 28.0 Å². The number of fused-ring (bicyclic) bond motifs is 1. The summed E-state index contributed by atoms with van der Waals surface area (Å²) in [6.45, 7) is 6.17. The molecule has 208 valence electrons. The predicted molar refractivity (Wildman–Crippen MR) is 151 cm³/mol. The summed E-state index contributed by atoms with van der Waals surface area (Å²) in [5, 5.41) is 16.1. The zero-order valence-electron chi connectivity index (χ0n) is 22.0. The summed E-state index contributed by atoms with van der Waals surface area (Å²) in [7, 11) is 0. The summed E-state index contributed by atoms with van der Waals surface area (Å²) in [6, 6.07) is 5.72. The first-order valence-electron chi connectivity index (χ1n) is 13.4. The molecule has 3 aliphatic rings. The Kier molecular flexibility index (Phi) is 7.35. The highest BCUT2D eigenvalue weighted by Crippen LogP contribution is 2.34. The first-order valence-corrected chi connectivity index (χ1v) is 14.2. The number of hydrogen-bond acceptors (Lipinski definition) is 10. The van der Waals surface area contributed by atoms with Gasteiger partial charge in [0.05, 0.1) is 34.9 Å². The molecule has 2 aliphatic heterocycles. The van der Waals surface area contributed by atoms with E-state index in [0.717, 1.165) is 67.7 Å². The van der Waals surface area contributed by atoms with Gasteiger partial charge in [-0.25, -0.2) is 14.6 Å². The van der Waals surface area contributed by atoms with Gasteiger partial charge in [0, 0.05) is 43.3 Å². The van der Waals surface area contributed by atoms with Crippen LogP contribution >= 0.6 is 11.3 Å². The quantitative estimate of drug-likeness (QED) is 0.166. The second-order valence-electron chi connectivity index (χ2n) is 10.1. The van der Waals surface area contributed by atoms with Crippen LogP contribution in [-0.4, -0.2) is 82.3 Å². The number of aromatic nitrogens is 3. The summed E-state index contributed by atoms with van der Waals surface area (Å²) in [6.07, 6.45) is 6.21. The van der Waals surface area contributed by atoms with Gasteiger partial charge >= 0.3 is 6.03 Å². The second kappa shape index (κ2) is 11.2. The molecule has 6 rings (SSSR count). The molecule has 1 unspecified atom stereocenters. The van der Waals surface area contributed by atoms with Crippen molar-refractivity contribution in [3.05, 3.63) is 40.5 Å². The Labute approximate surface area is 234 Å². The molecule has 3 fully saturated rings. The number of carbonyl (C=O) groups is 2. The van der Waals surface area contributed by atoms with Crippen LogP contribution in [-0.2, 0) is 14.3 Å². The summed E-state index contributed by atoms with van der Waals surface area (Å²) in [4.78, 5) is 44.6. The average Bonchev–Trinajstić information content (AvgIpc) is 3.33. The van der Waals surface area contributed by atoms with Crippen molar-refractivity contribution in [2.45, 2.75) is 38.3 Å². The minimum absolute atomic E-state index is 0.111. The minimum atomic E-state index is -0.563. The van der Waals surface area contributed by atoms with E-state index in [2.05, 4.69) is 44.1 Å². The number of rotatable bonds is 10. The monoisotopic (exact) mass is 562 g/mol. The number of anilines is 1. The lowest BCUT2D eigenvalue weighted by Crippen LogP contribution is -2.45. The maximum absolute atomic E-state index is 12.1. The van der Waals surface area contributed by atoms with E-state index < -0.39 is 11.9 Å². The van der Waals surface area contributed by atoms with Crippen LogP contribution in [0.4, 0.5) is 10.6 Å². The van der Waals surface area contributed by atoms with E-state index in [1.807, 2.05) is 18.2 Å². The van der Waals surface area contributed by atoms with Crippen molar-refractivity contribution >= 4 is 52.5 Å². The van der Waals surface area contributed by atoms with E-state index in [1.54, 1.807) is 16.8 Å². The van der Waals surface area contributed by atoms with Crippen LogP contribution in [0.2, 0.25) is 0 Å². The van der Waals surface area contributed by atoms with E-state index in [1.165, 1.54) is 11.3 Å². The largest absolute Gasteiger partial charge is 0.379 e. The van der Waals surface area contributed by atoms with Gasteiger partial charge < -0.3 is 20.7 Å². The second-order valence-corrected chi connectivity index (χ2v) is 11.1. The molecule has 40 heavy (non-hydrogen) atoms. The lowest BCUT2D eigenvalue weighted by Gasteiger charge is -2.30. The molecule has 1 atom stereocenters. The van der Waals surface area contributed by atoms with E-state index in [0.29, 0.717) is 28.6 Å². The van der Waals surface area contributed by atoms with Gasteiger partial charge in [-0.3, -0.25) is 15.0 Å². The molecule has 5 heterocycles. The molecule has 2 saturated heterocycles. The van der Waals surface area contributed by atoms with Crippen molar-refractivity contribution in [3.63, 3.8) is 0 Å². The van der Waals surface area contributed by atoms with Gasteiger partial charge in [0.2, 0.25) is 0 Å². The molecule has 12 nitrogen and oxygen atoms in total. The van der Waals surface area contributed by atoms with E-state index in [4.69, 9.17) is 9.72 Å². The summed E-state index contributed by atoms with van der Waals surface area (Å²) >= 11 is 1.46. The molecular weight excluding hydrogens is 532 g/mol. The molecule has 0 aromatic carbocycles. The van der Waals surface area contributed by atoms with Crippen LogP contribution in [0, 0.1) is 0 Å². The Morgan fingerprint density at radius 2 is 2.10 bits per heavy atom.